The minimum absolute atomic E-state index is 0.0136. The molecule has 2 N–H and O–H groups in total. The van der Waals surface area contributed by atoms with Crippen molar-refractivity contribution in [3.05, 3.63) is 23.8 Å². The Morgan fingerprint density at radius 2 is 1.95 bits per heavy atom. The van der Waals surface area contributed by atoms with Gasteiger partial charge >= 0.3 is 5.97 Å². The minimum atomic E-state index is -1.05. The molecule has 22 heavy (non-hydrogen) atoms. The van der Waals surface area contributed by atoms with Crippen LogP contribution in [0.1, 0.15) is 49.4 Å². The third kappa shape index (κ3) is 3.78. The number of carbonyl (C=O) groups excluding carboxylic acids is 1. The van der Waals surface area contributed by atoms with Crippen LogP contribution in [-0.2, 0) is 4.79 Å². The van der Waals surface area contributed by atoms with Gasteiger partial charge in [0.25, 0.3) is 0 Å². The first-order chi connectivity index (χ1) is 10.5. The van der Waals surface area contributed by atoms with Crippen molar-refractivity contribution in [3.8, 4) is 5.75 Å². The quantitative estimate of drug-likeness (QED) is 0.872. The van der Waals surface area contributed by atoms with E-state index < -0.39 is 5.97 Å². The molecular weight excluding hydrogens is 282 g/mol. The first-order valence-corrected chi connectivity index (χ1v) is 7.77. The summed E-state index contributed by atoms with van der Waals surface area (Å²) in [6.45, 7) is 2.20. The number of aromatic carboxylic acids is 1. The van der Waals surface area contributed by atoms with Crippen molar-refractivity contribution >= 4 is 17.6 Å². The molecule has 0 heterocycles. The Kier molecular flexibility index (Phi) is 5.41. The van der Waals surface area contributed by atoms with E-state index in [4.69, 9.17) is 9.84 Å². The number of carboxylic acids is 1. The summed E-state index contributed by atoms with van der Waals surface area (Å²) in [5.41, 5.74) is 0.661. The summed E-state index contributed by atoms with van der Waals surface area (Å²) >= 11 is 0. The standard InChI is InChI=1S/C17H23NO4/c1-3-11-4-6-12(7-5-11)16(19)18-13-8-9-14(17(20)21)15(10-13)22-2/h8-12H,3-7H2,1-2H3,(H,18,19)(H,20,21). The normalized spacial score (nSPS) is 21.2. The second kappa shape index (κ2) is 7.29. The Morgan fingerprint density at radius 3 is 2.50 bits per heavy atom. The average Bonchev–Trinajstić information content (AvgIpc) is 2.54. The van der Waals surface area contributed by atoms with Crippen LogP contribution in [0, 0.1) is 11.8 Å². The molecule has 0 spiro atoms. The lowest BCUT2D eigenvalue weighted by atomic mass is 9.80. The van der Waals surface area contributed by atoms with E-state index in [-0.39, 0.29) is 23.1 Å². The maximum atomic E-state index is 12.3. The van der Waals surface area contributed by atoms with Crippen molar-refractivity contribution in [3.63, 3.8) is 0 Å². The number of carboxylic acid groups (broad SMARTS) is 1. The smallest absolute Gasteiger partial charge is 0.339 e. The Bertz CT molecular complexity index is 548. The fourth-order valence-corrected chi connectivity index (χ4v) is 3.02. The number of anilines is 1. The van der Waals surface area contributed by atoms with Crippen LogP contribution in [0.5, 0.6) is 5.75 Å². The molecule has 0 aliphatic heterocycles. The molecule has 1 saturated carbocycles. The largest absolute Gasteiger partial charge is 0.496 e. The molecular formula is C17H23NO4. The fourth-order valence-electron chi connectivity index (χ4n) is 3.02. The van der Waals surface area contributed by atoms with Crippen LogP contribution in [0.15, 0.2) is 18.2 Å². The zero-order valence-corrected chi connectivity index (χ0v) is 13.1. The number of carbonyl (C=O) groups is 2. The van der Waals surface area contributed by atoms with Gasteiger partial charge in [0.05, 0.1) is 7.11 Å². The van der Waals surface area contributed by atoms with Crippen LogP contribution < -0.4 is 10.1 Å². The molecule has 0 bridgehead atoms. The fraction of sp³-hybridized carbons (Fsp3) is 0.529. The third-order valence-electron chi connectivity index (χ3n) is 4.49. The Morgan fingerprint density at radius 1 is 1.27 bits per heavy atom. The van der Waals surface area contributed by atoms with E-state index in [0.29, 0.717) is 5.69 Å². The number of benzene rings is 1. The summed E-state index contributed by atoms with van der Waals surface area (Å²) in [4.78, 5) is 23.4. The van der Waals surface area contributed by atoms with E-state index in [1.165, 1.54) is 19.6 Å². The lowest BCUT2D eigenvalue weighted by Gasteiger charge is -2.27. The van der Waals surface area contributed by atoms with E-state index in [2.05, 4.69) is 12.2 Å². The van der Waals surface area contributed by atoms with Crippen LogP contribution in [0.25, 0.3) is 0 Å². The van der Waals surface area contributed by atoms with Gasteiger partial charge in [0.2, 0.25) is 5.91 Å². The van der Waals surface area contributed by atoms with Gasteiger partial charge in [0, 0.05) is 17.7 Å². The molecule has 1 aliphatic carbocycles. The van der Waals surface area contributed by atoms with Gasteiger partial charge in [-0.1, -0.05) is 13.3 Å². The molecule has 0 unspecified atom stereocenters. The molecule has 0 saturated heterocycles. The van der Waals surface area contributed by atoms with Gasteiger partial charge in [-0.05, 0) is 43.7 Å². The molecule has 1 aromatic carbocycles. The van der Waals surface area contributed by atoms with Gasteiger partial charge in [0.15, 0.2) is 0 Å². The van der Waals surface area contributed by atoms with Crippen molar-refractivity contribution in [1.29, 1.82) is 0 Å². The highest BCUT2D eigenvalue weighted by Crippen LogP contribution is 2.31. The molecule has 1 aromatic rings. The zero-order chi connectivity index (χ0) is 16.1. The number of methoxy groups -OCH3 is 1. The highest BCUT2D eigenvalue weighted by molar-refractivity contribution is 5.95. The van der Waals surface area contributed by atoms with E-state index in [9.17, 15) is 9.59 Å². The number of ether oxygens (including phenoxy) is 1. The number of rotatable bonds is 5. The van der Waals surface area contributed by atoms with Crippen molar-refractivity contribution in [2.75, 3.05) is 12.4 Å². The van der Waals surface area contributed by atoms with Crippen molar-refractivity contribution in [2.24, 2.45) is 11.8 Å². The summed E-state index contributed by atoms with van der Waals surface area (Å²) in [5, 5.41) is 11.9. The Labute approximate surface area is 130 Å². The average molecular weight is 305 g/mol. The Hall–Kier alpha value is -2.04. The van der Waals surface area contributed by atoms with E-state index >= 15 is 0 Å². The molecule has 120 valence electrons. The van der Waals surface area contributed by atoms with Gasteiger partial charge in [-0.25, -0.2) is 4.79 Å². The van der Waals surface area contributed by atoms with Crippen LogP contribution in [0.4, 0.5) is 5.69 Å². The number of amides is 1. The summed E-state index contributed by atoms with van der Waals surface area (Å²) in [6.07, 6.45) is 5.25. The summed E-state index contributed by atoms with van der Waals surface area (Å²) in [5.74, 6) is 0.0132. The highest BCUT2D eigenvalue weighted by Gasteiger charge is 2.25. The molecule has 0 aromatic heterocycles. The molecule has 0 atom stereocenters. The summed E-state index contributed by atoms with van der Waals surface area (Å²) in [6, 6.07) is 4.60. The lowest BCUT2D eigenvalue weighted by Crippen LogP contribution is -2.27. The van der Waals surface area contributed by atoms with Crippen molar-refractivity contribution < 1.29 is 19.4 Å². The molecule has 2 rings (SSSR count). The highest BCUT2D eigenvalue weighted by atomic mass is 16.5. The monoisotopic (exact) mass is 305 g/mol. The van der Waals surface area contributed by atoms with E-state index in [0.717, 1.165) is 31.6 Å². The number of nitrogens with one attached hydrogen (secondary N) is 1. The third-order valence-corrected chi connectivity index (χ3v) is 4.49. The first kappa shape index (κ1) is 16.3. The second-order valence-corrected chi connectivity index (χ2v) is 5.84. The predicted octanol–water partition coefficient (Wildman–Crippen LogP) is 3.55. The summed E-state index contributed by atoms with van der Waals surface area (Å²) in [7, 11) is 1.42. The molecule has 5 nitrogen and oxygen atoms in total. The maximum absolute atomic E-state index is 12.3. The first-order valence-electron chi connectivity index (χ1n) is 7.77. The predicted molar refractivity (Wildman–Crippen MR) is 84.3 cm³/mol. The van der Waals surface area contributed by atoms with Gasteiger partial charge < -0.3 is 15.2 Å². The molecule has 1 fully saturated rings. The topological polar surface area (TPSA) is 75.6 Å². The van der Waals surface area contributed by atoms with Crippen LogP contribution in [0.2, 0.25) is 0 Å². The van der Waals surface area contributed by atoms with Crippen LogP contribution in [0.3, 0.4) is 0 Å². The SMILES string of the molecule is CCC1CCC(C(=O)Nc2ccc(C(=O)O)c(OC)c2)CC1. The van der Waals surface area contributed by atoms with Crippen LogP contribution >= 0.6 is 0 Å². The summed E-state index contributed by atoms with van der Waals surface area (Å²) < 4.78 is 5.07. The Balaban J connectivity index is 2.01. The lowest BCUT2D eigenvalue weighted by molar-refractivity contribution is -0.121. The van der Waals surface area contributed by atoms with Gasteiger partial charge in [-0.2, -0.15) is 0 Å². The van der Waals surface area contributed by atoms with E-state index in [1.807, 2.05) is 0 Å². The van der Waals surface area contributed by atoms with E-state index in [1.54, 1.807) is 12.1 Å². The van der Waals surface area contributed by atoms with Gasteiger partial charge in [-0.3, -0.25) is 4.79 Å². The minimum Gasteiger partial charge on any atom is -0.496 e. The molecule has 1 amide bonds. The maximum Gasteiger partial charge on any atom is 0.339 e. The number of hydrogen-bond acceptors (Lipinski definition) is 3. The van der Waals surface area contributed by atoms with Crippen molar-refractivity contribution in [1.82, 2.24) is 0 Å². The number of hydrogen-bond donors (Lipinski definition) is 2. The van der Waals surface area contributed by atoms with Gasteiger partial charge in [0.1, 0.15) is 11.3 Å². The second-order valence-electron chi connectivity index (χ2n) is 5.84. The van der Waals surface area contributed by atoms with Gasteiger partial charge in [-0.15, -0.1) is 0 Å². The van der Waals surface area contributed by atoms with Crippen LogP contribution in [-0.4, -0.2) is 24.1 Å². The molecule has 5 heteroatoms. The zero-order valence-electron chi connectivity index (χ0n) is 13.1. The van der Waals surface area contributed by atoms with Crippen molar-refractivity contribution in [2.45, 2.75) is 39.0 Å². The molecule has 1 aliphatic rings. The molecule has 0 radical (unpaired) electrons.